The summed E-state index contributed by atoms with van der Waals surface area (Å²) in [6.45, 7) is 1.22. The predicted molar refractivity (Wildman–Crippen MR) is 29.5 cm³/mol. The fourth-order valence-electron chi connectivity index (χ4n) is 0.865. The third-order valence-electron chi connectivity index (χ3n) is 1.52. The topological polar surface area (TPSA) is 52.5 Å². The molecule has 0 radical (unpaired) electrons. The molecule has 3 N–H and O–H groups in total. The quantitative estimate of drug-likeness (QED) is 0.400. The van der Waals surface area contributed by atoms with Gasteiger partial charge in [0.2, 0.25) is 0 Å². The zero-order valence-electron chi connectivity index (χ0n) is 4.72. The van der Waals surface area contributed by atoms with Crippen LogP contribution in [0.1, 0.15) is 6.42 Å². The van der Waals surface area contributed by atoms with Gasteiger partial charge in [0, 0.05) is 6.54 Å². The number of β-amino-alcohol motifs (C(OH)–C–C–N with tert-alkyl or cyclic N) is 1. The summed E-state index contributed by atoms with van der Waals surface area (Å²) >= 11 is 0. The lowest BCUT2D eigenvalue weighted by Gasteiger charge is -2.16. The molecule has 3 heteroatoms. The summed E-state index contributed by atoms with van der Waals surface area (Å²) in [5.74, 6) is 0. The van der Waals surface area contributed by atoms with Gasteiger partial charge in [0.05, 0.1) is 6.61 Å². The first-order valence-corrected chi connectivity index (χ1v) is 2.81. The van der Waals surface area contributed by atoms with E-state index in [0.717, 1.165) is 6.54 Å². The van der Waals surface area contributed by atoms with Crippen LogP contribution in [0, 0.1) is 0 Å². The van der Waals surface area contributed by atoms with E-state index in [9.17, 15) is 5.11 Å². The number of nitrogens with one attached hydrogen (secondary N) is 1. The summed E-state index contributed by atoms with van der Waals surface area (Å²) in [7, 11) is 0. The van der Waals surface area contributed by atoms with Crippen molar-refractivity contribution >= 4 is 0 Å². The fourth-order valence-corrected chi connectivity index (χ4v) is 0.865. The maximum atomic E-state index is 9.19. The predicted octanol–water partition coefficient (Wildman–Crippen LogP) is -1.30. The van der Waals surface area contributed by atoms with Crippen LogP contribution in [0.3, 0.4) is 0 Å². The number of rotatable bonds is 1. The van der Waals surface area contributed by atoms with Gasteiger partial charge < -0.3 is 15.5 Å². The number of aliphatic hydroxyl groups excluding tert-OH is 1. The van der Waals surface area contributed by atoms with Crippen molar-refractivity contribution < 1.29 is 10.2 Å². The highest BCUT2D eigenvalue weighted by Crippen LogP contribution is 2.11. The molecule has 8 heavy (non-hydrogen) atoms. The molecule has 0 bridgehead atoms. The summed E-state index contributed by atoms with van der Waals surface area (Å²) < 4.78 is 0. The average Bonchev–Trinajstić information content (AvgIpc) is 2.17. The first-order chi connectivity index (χ1) is 3.77. The molecule has 1 heterocycles. The summed E-state index contributed by atoms with van der Waals surface area (Å²) in [5, 5.41) is 20.7. The average molecular weight is 117 g/mol. The maximum absolute atomic E-state index is 9.19. The summed E-state index contributed by atoms with van der Waals surface area (Å²) in [4.78, 5) is 0. The Balaban J connectivity index is 2.40. The Morgan fingerprint density at radius 2 is 2.38 bits per heavy atom. The Hall–Kier alpha value is -0.120. The van der Waals surface area contributed by atoms with E-state index in [2.05, 4.69) is 5.32 Å². The number of aliphatic hydroxyl groups is 2. The van der Waals surface area contributed by atoms with E-state index in [1.807, 2.05) is 0 Å². The van der Waals surface area contributed by atoms with E-state index in [4.69, 9.17) is 5.11 Å². The van der Waals surface area contributed by atoms with Crippen LogP contribution >= 0.6 is 0 Å². The van der Waals surface area contributed by atoms with E-state index >= 15 is 0 Å². The van der Waals surface area contributed by atoms with Gasteiger partial charge in [0.25, 0.3) is 0 Å². The molecule has 1 unspecified atom stereocenters. The van der Waals surface area contributed by atoms with Gasteiger partial charge in [0.15, 0.2) is 0 Å². The monoisotopic (exact) mass is 117 g/mol. The Morgan fingerprint density at radius 1 is 1.62 bits per heavy atom. The molecule has 1 aliphatic rings. The third-order valence-corrected chi connectivity index (χ3v) is 1.52. The zero-order valence-corrected chi connectivity index (χ0v) is 4.72. The first kappa shape index (κ1) is 6.01. The molecular formula is C5H11NO2. The minimum atomic E-state index is -0.819. The second-order valence-electron chi connectivity index (χ2n) is 2.31. The lowest BCUT2D eigenvalue weighted by molar-refractivity contribution is 0.00330. The second-order valence-corrected chi connectivity index (χ2v) is 2.31. The van der Waals surface area contributed by atoms with E-state index < -0.39 is 5.60 Å². The van der Waals surface area contributed by atoms with E-state index in [-0.39, 0.29) is 6.61 Å². The van der Waals surface area contributed by atoms with Crippen molar-refractivity contribution in [1.82, 2.24) is 5.32 Å². The number of hydrogen-bond acceptors (Lipinski definition) is 3. The third kappa shape index (κ3) is 0.992. The molecule has 0 amide bonds. The van der Waals surface area contributed by atoms with Crippen molar-refractivity contribution in [2.45, 2.75) is 12.0 Å². The highest BCUT2D eigenvalue weighted by Gasteiger charge is 2.29. The Labute approximate surface area is 48.3 Å². The van der Waals surface area contributed by atoms with Crippen molar-refractivity contribution in [2.75, 3.05) is 19.7 Å². The van der Waals surface area contributed by atoms with Crippen LogP contribution in [0.5, 0.6) is 0 Å². The molecule has 0 aromatic heterocycles. The molecule has 0 aromatic rings. The zero-order chi connectivity index (χ0) is 6.04. The van der Waals surface area contributed by atoms with Crippen molar-refractivity contribution in [1.29, 1.82) is 0 Å². The normalized spacial score (nSPS) is 38.2. The van der Waals surface area contributed by atoms with Crippen molar-refractivity contribution in [3.05, 3.63) is 0 Å². The van der Waals surface area contributed by atoms with Crippen LogP contribution < -0.4 is 5.32 Å². The SMILES string of the molecule is OCC1(O)CCNC1. The Kier molecular flexibility index (Phi) is 1.51. The van der Waals surface area contributed by atoms with Crippen LogP contribution in [-0.2, 0) is 0 Å². The molecule has 48 valence electrons. The van der Waals surface area contributed by atoms with Gasteiger partial charge in [-0.1, -0.05) is 0 Å². The molecular weight excluding hydrogens is 106 g/mol. The van der Waals surface area contributed by atoms with Crippen molar-refractivity contribution in [2.24, 2.45) is 0 Å². The van der Waals surface area contributed by atoms with E-state index in [0.29, 0.717) is 13.0 Å². The summed E-state index contributed by atoms with van der Waals surface area (Å²) in [6, 6.07) is 0. The fraction of sp³-hybridized carbons (Fsp3) is 1.00. The van der Waals surface area contributed by atoms with Crippen LogP contribution in [0.4, 0.5) is 0 Å². The van der Waals surface area contributed by atoms with Crippen molar-refractivity contribution in [3.8, 4) is 0 Å². The molecule has 1 atom stereocenters. The lowest BCUT2D eigenvalue weighted by Crippen LogP contribution is -2.35. The Bertz CT molecular complexity index is 78.5. The van der Waals surface area contributed by atoms with Gasteiger partial charge in [-0.15, -0.1) is 0 Å². The number of hydrogen-bond donors (Lipinski definition) is 3. The van der Waals surface area contributed by atoms with Gasteiger partial charge in [0.1, 0.15) is 5.60 Å². The first-order valence-electron chi connectivity index (χ1n) is 2.81. The van der Waals surface area contributed by atoms with Gasteiger partial charge in [-0.05, 0) is 13.0 Å². The highest BCUT2D eigenvalue weighted by atomic mass is 16.3. The minimum absolute atomic E-state index is 0.125. The second kappa shape index (κ2) is 2.01. The smallest absolute Gasteiger partial charge is 0.101 e. The van der Waals surface area contributed by atoms with Crippen LogP contribution in [0.15, 0.2) is 0 Å². The molecule has 0 aliphatic carbocycles. The van der Waals surface area contributed by atoms with Crippen LogP contribution in [0.2, 0.25) is 0 Å². The Morgan fingerprint density at radius 3 is 2.62 bits per heavy atom. The molecule has 1 saturated heterocycles. The molecule has 0 spiro atoms. The van der Waals surface area contributed by atoms with Crippen molar-refractivity contribution in [3.63, 3.8) is 0 Å². The van der Waals surface area contributed by atoms with Gasteiger partial charge in [-0.2, -0.15) is 0 Å². The highest BCUT2D eigenvalue weighted by molar-refractivity contribution is 4.86. The largest absolute Gasteiger partial charge is 0.393 e. The minimum Gasteiger partial charge on any atom is -0.393 e. The molecule has 1 aliphatic heterocycles. The summed E-state index contributed by atoms with van der Waals surface area (Å²) in [5.41, 5.74) is -0.819. The standard InChI is InChI=1S/C5H11NO2/c7-4-5(8)1-2-6-3-5/h6-8H,1-4H2. The summed E-state index contributed by atoms with van der Waals surface area (Å²) in [6.07, 6.45) is 0.670. The molecule has 1 rings (SSSR count). The maximum Gasteiger partial charge on any atom is 0.101 e. The van der Waals surface area contributed by atoms with E-state index in [1.165, 1.54) is 0 Å². The molecule has 3 nitrogen and oxygen atoms in total. The van der Waals surface area contributed by atoms with Gasteiger partial charge in [-0.25, -0.2) is 0 Å². The molecule has 0 saturated carbocycles. The lowest BCUT2D eigenvalue weighted by atomic mass is 10.1. The van der Waals surface area contributed by atoms with E-state index in [1.54, 1.807) is 0 Å². The van der Waals surface area contributed by atoms with Crippen LogP contribution in [0.25, 0.3) is 0 Å². The molecule has 1 fully saturated rings. The van der Waals surface area contributed by atoms with Gasteiger partial charge >= 0.3 is 0 Å². The van der Waals surface area contributed by atoms with Crippen LogP contribution in [-0.4, -0.2) is 35.5 Å². The molecule has 0 aromatic carbocycles. The van der Waals surface area contributed by atoms with Gasteiger partial charge in [-0.3, -0.25) is 0 Å².